The van der Waals surface area contributed by atoms with Crippen molar-refractivity contribution in [3.63, 3.8) is 0 Å². The van der Waals surface area contributed by atoms with Crippen LogP contribution in [0.3, 0.4) is 0 Å². The summed E-state index contributed by atoms with van der Waals surface area (Å²) in [5, 5.41) is 3.15. The van der Waals surface area contributed by atoms with E-state index in [1.807, 2.05) is 20.9 Å². The summed E-state index contributed by atoms with van der Waals surface area (Å²) in [4.78, 5) is 0. The molecule has 1 atom stereocenters. The van der Waals surface area contributed by atoms with Crippen LogP contribution in [-0.4, -0.2) is 36.1 Å². The normalized spacial score (nSPS) is 13.6. The fraction of sp³-hybridized carbons (Fsp3) is 1.00. The van der Waals surface area contributed by atoms with Gasteiger partial charge in [0, 0.05) is 13.2 Å². The molecule has 0 aliphatic heterocycles. The molecule has 0 saturated carbocycles. The van der Waals surface area contributed by atoms with Crippen LogP contribution in [0.1, 0.15) is 27.2 Å². The molecular formula is C9H23NO2Si. The van der Waals surface area contributed by atoms with E-state index in [0.29, 0.717) is 5.54 Å². The molecule has 80 valence electrons. The molecular weight excluding hydrogens is 182 g/mol. The molecule has 0 aromatic heterocycles. The second-order valence-electron chi connectivity index (χ2n) is 3.15. The topological polar surface area (TPSA) is 30.5 Å². The minimum Gasteiger partial charge on any atom is -0.397 e. The largest absolute Gasteiger partial charge is 0.397 e. The highest BCUT2D eigenvalue weighted by Crippen LogP contribution is 2.15. The molecule has 0 spiro atoms. The van der Waals surface area contributed by atoms with Gasteiger partial charge in [-0.15, -0.1) is 0 Å². The third-order valence-corrected chi connectivity index (χ3v) is 4.56. The van der Waals surface area contributed by atoms with Crippen molar-refractivity contribution in [2.75, 3.05) is 26.8 Å². The van der Waals surface area contributed by atoms with Gasteiger partial charge in [-0.25, -0.2) is 0 Å². The van der Waals surface area contributed by atoms with Gasteiger partial charge in [-0.2, -0.15) is 0 Å². The second-order valence-corrected chi connectivity index (χ2v) is 5.69. The molecule has 0 amide bonds. The summed E-state index contributed by atoms with van der Waals surface area (Å²) < 4.78 is 11.3. The second kappa shape index (κ2) is 8.68. The van der Waals surface area contributed by atoms with E-state index in [9.17, 15) is 0 Å². The van der Waals surface area contributed by atoms with Gasteiger partial charge < -0.3 is 14.2 Å². The van der Waals surface area contributed by atoms with E-state index in [2.05, 4.69) is 12.2 Å². The summed E-state index contributed by atoms with van der Waals surface area (Å²) in [6.07, 6.45) is 1.15. The Balaban J connectivity index is 3.72. The summed E-state index contributed by atoms with van der Waals surface area (Å²) in [5.74, 6) is 0. The molecule has 0 aromatic carbocycles. The van der Waals surface area contributed by atoms with Crippen LogP contribution in [0.15, 0.2) is 0 Å². The van der Waals surface area contributed by atoms with Crippen molar-refractivity contribution >= 4 is 9.28 Å². The molecule has 0 rings (SSSR count). The third kappa shape index (κ3) is 6.21. The van der Waals surface area contributed by atoms with Crippen molar-refractivity contribution in [2.45, 2.75) is 32.7 Å². The van der Waals surface area contributed by atoms with E-state index >= 15 is 0 Å². The summed E-state index contributed by atoms with van der Waals surface area (Å²) in [6, 6.07) is 0. The van der Waals surface area contributed by atoms with Crippen molar-refractivity contribution in [3.05, 3.63) is 0 Å². The lowest BCUT2D eigenvalue weighted by Gasteiger charge is -2.21. The highest BCUT2D eigenvalue weighted by atomic mass is 28.3. The number of nitrogens with one attached hydrogen (secondary N) is 1. The quantitative estimate of drug-likeness (QED) is 0.606. The van der Waals surface area contributed by atoms with E-state index in [1.165, 1.54) is 0 Å². The predicted octanol–water partition coefficient (Wildman–Crippen LogP) is 1.28. The molecule has 3 nitrogen and oxygen atoms in total. The van der Waals surface area contributed by atoms with E-state index < -0.39 is 9.28 Å². The monoisotopic (exact) mass is 205 g/mol. The zero-order valence-electron chi connectivity index (χ0n) is 9.30. The molecule has 1 N–H and O–H groups in total. The number of hydrogen-bond acceptors (Lipinski definition) is 3. The zero-order chi connectivity index (χ0) is 10.1. The first-order valence-electron chi connectivity index (χ1n) is 5.14. The Labute approximate surface area is 83.7 Å². The average Bonchev–Trinajstić information content (AvgIpc) is 2.14. The fourth-order valence-electron chi connectivity index (χ4n) is 1.21. The molecule has 4 heteroatoms. The molecule has 0 aliphatic rings. The Kier molecular flexibility index (Phi) is 8.75. The van der Waals surface area contributed by atoms with Crippen molar-refractivity contribution in [2.24, 2.45) is 0 Å². The van der Waals surface area contributed by atoms with E-state index in [-0.39, 0.29) is 0 Å². The van der Waals surface area contributed by atoms with Gasteiger partial charge in [0.1, 0.15) is 0 Å². The summed E-state index contributed by atoms with van der Waals surface area (Å²) >= 11 is 0. The molecule has 0 fully saturated rings. The van der Waals surface area contributed by atoms with Gasteiger partial charge in [-0.05, 0) is 39.4 Å². The first-order chi connectivity index (χ1) is 6.26. The van der Waals surface area contributed by atoms with Crippen LogP contribution in [0.4, 0.5) is 0 Å². The molecule has 13 heavy (non-hydrogen) atoms. The molecule has 0 aliphatic carbocycles. The molecule has 0 radical (unpaired) electrons. The molecule has 0 bridgehead atoms. The Morgan fingerprint density at radius 1 is 1.23 bits per heavy atom. The lowest BCUT2D eigenvalue weighted by Crippen LogP contribution is -2.29. The van der Waals surface area contributed by atoms with E-state index in [4.69, 9.17) is 8.85 Å². The molecule has 1 unspecified atom stereocenters. The first kappa shape index (κ1) is 13.1. The van der Waals surface area contributed by atoms with Gasteiger partial charge in [0.05, 0.1) is 0 Å². The third-order valence-electron chi connectivity index (χ3n) is 1.98. The van der Waals surface area contributed by atoms with Gasteiger partial charge >= 0.3 is 9.28 Å². The maximum atomic E-state index is 5.63. The van der Waals surface area contributed by atoms with Crippen molar-refractivity contribution in [3.8, 4) is 0 Å². The van der Waals surface area contributed by atoms with E-state index in [0.717, 1.165) is 26.2 Å². The Bertz CT molecular complexity index is 108. The van der Waals surface area contributed by atoms with E-state index in [1.54, 1.807) is 0 Å². The average molecular weight is 205 g/mol. The van der Waals surface area contributed by atoms with Crippen LogP contribution in [0, 0.1) is 0 Å². The van der Waals surface area contributed by atoms with Crippen molar-refractivity contribution in [1.29, 1.82) is 0 Å². The summed E-state index contributed by atoms with van der Waals surface area (Å²) in [5.41, 5.74) is 0.590. The van der Waals surface area contributed by atoms with Gasteiger partial charge in [0.2, 0.25) is 0 Å². The molecule has 0 saturated heterocycles. The highest BCUT2D eigenvalue weighted by molar-refractivity contribution is 6.46. The number of hydrogen-bond donors (Lipinski definition) is 1. The lowest BCUT2D eigenvalue weighted by atomic mass is 10.3. The van der Waals surface area contributed by atoms with Crippen LogP contribution in [-0.2, 0) is 8.85 Å². The van der Waals surface area contributed by atoms with Gasteiger partial charge in [0.25, 0.3) is 0 Å². The highest BCUT2D eigenvalue weighted by Gasteiger charge is 2.20. The maximum Gasteiger partial charge on any atom is 0.324 e. The van der Waals surface area contributed by atoms with Crippen molar-refractivity contribution < 1.29 is 8.85 Å². The molecule has 0 aromatic rings. The Morgan fingerprint density at radius 3 is 2.15 bits per heavy atom. The van der Waals surface area contributed by atoms with Gasteiger partial charge in [-0.1, -0.05) is 6.92 Å². The Hall–Kier alpha value is 0.0969. The summed E-state index contributed by atoms with van der Waals surface area (Å²) in [6.45, 7) is 8.89. The lowest BCUT2D eigenvalue weighted by molar-refractivity contribution is 0.204. The minimum atomic E-state index is -1.40. The molecule has 0 heterocycles. The van der Waals surface area contributed by atoms with Crippen LogP contribution < -0.4 is 5.32 Å². The summed E-state index contributed by atoms with van der Waals surface area (Å²) in [7, 11) is 0.577. The van der Waals surface area contributed by atoms with Crippen LogP contribution in [0.5, 0.6) is 0 Å². The smallest absolute Gasteiger partial charge is 0.324 e. The number of rotatable bonds is 8. The van der Waals surface area contributed by atoms with Crippen LogP contribution >= 0.6 is 0 Å². The zero-order valence-corrected chi connectivity index (χ0v) is 10.5. The first-order valence-corrected chi connectivity index (χ1v) is 6.74. The van der Waals surface area contributed by atoms with Crippen LogP contribution in [0.2, 0.25) is 5.54 Å². The predicted molar refractivity (Wildman–Crippen MR) is 58.4 cm³/mol. The maximum absolute atomic E-state index is 5.63. The van der Waals surface area contributed by atoms with Crippen LogP contribution in [0.25, 0.3) is 0 Å². The standard InChI is InChI=1S/C9H23NO2Si/c1-5-11-13(12-6-2)9(3)7-8-10-4/h9-10,13H,5-8H2,1-4H3. The van der Waals surface area contributed by atoms with Gasteiger partial charge in [-0.3, -0.25) is 0 Å². The minimum absolute atomic E-state index is 0.590. The fourth-order valence-corrected chi connectivity index (χ4v) is 3.06. The van der Waals surface area contributed by atoms with Gasteiger partial charge in [0.15, 0.2) is 0 Å². The van der Waals surface area contributed by atoms with Crippen molar-refractivity contribution in [1.82, 2.24) is 5.32 Å². The SMILES string of the molecule is CCO[SiH](OCC)C(C)CCNC. The Morgan fingerprint density at radius 2 is 1.77 bits per heavy atom.